The van der Waals surface area contributed by atoms with Gasteiger partial charge in [-0.15, -0.1) is 56.5 Å². The van der Waals surface area contributed by atoms with Crippen molar-refractivity contribution in [1.82, 2.24) is 9.97 Å². The van der Waals surface area contributed by atoms with E-state index in [1.807, 2.05) is 6.07 Å². The predicted molar refractivity (Wildman–Crippen MR) is 440 cm³/mol. The quantitative estimate of drug-likeness (QED) is 0.114. The smallest absolute Gasteiger partial charge is 0.465 e. The largest absolute Gasteiger partial charge is 4.00 e. The van der Waals surface area contributed by atoms with Gasteiger partial charge in [-0.05, 0) is 110 Å². The summed E-state index contributed by atoms with van der Waals surface area (Å²) >= 11 is 0. The molecule has 0 spiro atoms. The van der Waals surface area contributed by atoms with E-state index >= 15 is 0 Å². The second-order valence-electron chi connectivity index (χ2n) is 37.6. The second kappa shape index (κ2) is 46.1. The van der Waals surface area contributed by atoms with Crippen molar-refractivity contribution in [1.29, 1.82) is 0 Å². The molecule has 91 heavy (non-hydrogen) atoms. The standard InChI is InChI=1S/C25H38N2.C25H37N2.7C4H11Si.2Zr/c2*1-16(2)19-13-20(17(3)4)24(21(14-19)18(5)6)22-11-10-12-23(27-22)26-15-25(7,8)9;7*1-5(2,3)4;;/h10-14,16-18H,15H2,1-9H3,(H,26,27);10-14,16-18H,15H2,1-9H3;7*1H2,2-4H3;;/q;8*-1;+3;+4. The van der Waals surface area contributed by atoms with E-state index in [2.05, 4.69) is 368 Å². The van der Waals surface area contributed by atoms with Gasteiger partial charge in [-0.2, -0.15) is 0 Å². The van der Waals surface area contributed by atoms with Gasteiger partial charge in [-0.1, -0.05) is 316 Å². The maximum absolute atomic E-state index is 5.00. The topological polar surface area (TPSA) is 51.9 Å². The van der Waals surface area contributed by atoms with Gasteiger partial charge in [0, 0.05) is 12.1 Å². The van der Waals surface area contributed by atoms with Crippen molar-refractivity contribution in [2.45, 2.75) is 298 Å². The van der Waals surface area contributed by atoms with Crippen LogP contribution in [0.15, 0.2) is 60.7 Å². The van der Waals surface area contributed by atoms with Crippen LogP contribution in [0.25, 0.3) is 27.8 Å². The molecular weight excluding hydrogens is 1370 g/mol. The molecule has 0 unspecified atom stereocenters. The Balaban J connectivity index is -0.000000202. The Morgan fingerprint density at radius 3 is 0.813 bits per heavy atom. The number of rotatable bonds is 12. The number of nitrogens with one attached hydrogen (secondary N) is 1. The summed E-state index contributed by atoms with van der Waals surface area (Å²) in [6, 6.07) is 22.2. The van der Waals surface area contributed by atoms with Gasteiger partial charge in [-0.3, -0.25) is 0 Å². The minimum absolute atomic E-state index is 0. The molecule has 0 amide bonds. The summed E-state index contributed by atoms with van der Waals surface area (Å²) in [6.45, 7) is 116. The molecule has 0 aliphatic rings. The monoisotopic (exact) mass is 1520 g/mol. The molecule has 521 valence electrons. The number of aromatic nitrogens is 2. The number of pyridine rings is 2. The maximum atomic E-state index is 5.00. The molecular formula is C78H152N4Si7Zr2-. The van der Waals surface area contributed by atoms with Gasteiger partial charge in [-0.25, -0.2) is 4.98 Å². The van der Waals surface area contributed by atoms with E-state index in [0.29, 0.717) is 35.5 Å². The first-order valence-corrected chi connectivity index (χ1v) is 59.6. The first-order chi connectivity index (χ1) is 39.0. The molecule has 13 heteroatoms. The van der Waals surface area contributed by atoms with Crippen molar-refractivity contribution in [3.05, 3.63) is 145 Å². The number of anilines is 1. The number of benzene rings is 2. The predicted octanol–water partition coefficient (Wildman–Crippen LogP) is 27.6. The Morgan fingerprint density at radius 1 is 0.374 bits per heavy atom. The molecule has 0 atom stereocenters. The third-order valence-electron chi connectivity index (χ3n) is 9.78. The molecule has 0 bridgehead atoms. The zero-order valence-electron chi connectivity index (χ0n) is 67.9. The summed E-state index contributed by atoms with van der Waals surface area (Å²) in [6.07, 6.45) is 0. The van der Waals surface area contributed by atoms with Crippen molar-refractivity contribution in [2.24, 2.45) is 10.8 Å². The third-order valence-corrected chi connectivity index (χ3v) is 9.78. The maximum Gasteiger partial charge on any atom is 4.00 e. The van der Waals surface area contributed by atoms with E-state index in [-0.39, 0.29) is 63.2 Å². The first-order valence-electron chi connectivity index (χ1n) is 33.7. The van der Waals surface area contributed by atoms with Crippen LogP contribution < -0.4 is 5.32 Å². The van der Waals surface area contributed by atoms with Crippen LogP contribution in [-0.2, 0) is 52.4 Å². The van der Waals surface area contributed by atoms with Crippen LogP contribution in [0.3, 0.4) is 0 Å². The molecule has 0 saturated carbocycles. The fourth-order valence-electron chi connectivity index (χ4n) is 6.50. The average Bonchev–Trinajstić information content (AvgIpc) is 3.25. The Hall–Kier alpha value is -0.376. The summed E-state index contributed by atoms with van der Waals surface area (Å²) in [5.74, 6) is 4.67. The van der Waals surface area contributed by atoms with Crippen molar-refractivity contribution in [2.75, 3.05) is 18.4 Å². The molecule has 2 aromatic heterocycles. The van der Waals surface area contributed by atoms with Crippen molar-refractivity contribution in [3.63, 3.8) is 0 Å². The van der Waals surface area contributed by atoms with Gasteiger partial charge < -0.3 is 61.4 Å². The summed E-state index contributed by atoms with van der Waals surface area (Å²) in [5.41, 5.74) is 13.6. The molecule has 1 N–H and O–H groups in total. The molecule has 0 aliphatic heterocycles. The van der Waals surface area contributed by atoms with Crippen LogP contribution in [0.1, 0.15) is 194 Å². The van der Waals surface area contributed by atoms with Crippen LogP contribution in [-0.4, -0.2) is 79.6 Å². The fourth-order valence-corrected chi connectivity index (χ4v) is 6.50. The summed E-state index contributed by atoms with van der Waals surface area (Å²) in [4.78, 5) is 9.94. The van der Waals surface area contributed by atoms with E-state index in [9.17, 15) is 0 Å². The van der Waals surface area contributed by atoms with Gasteiger partial charge >= 0.3 is 52.4 Å². The third kappa shape index (κ3) is 75.3. The number of nitrogens with zero attached hydrogens (tertiary/aromatic N) is 3. The summed E-state index contributed by atoms with van der Waals surface area (Å²) in [7, 11) is -6.03. The summed E-state index contributed by atoms with van der Waals surface area (Å²) in [5, 5.41) is 8.26. The van der Waals surface area contributed by atoms with Crippen LogP contribution in [0.5, 0.6) is 0 Å². The van der Waals surface area contributed by atoms with E-state index in [4.69, 9.17) is 15.3 Å². The molecule has 0 fully saturated rings. The van der Waals surface area contributed by atoms with E-state index in [0.717, 1.165) is 36.1 Å². The van der Waals surface area contributed by atoms with Crippen LogP contribution >= 0.6 is 0 Å². The zero-order chi connectivity index (χ0) is 72.2. The van der Waals surface area contributed by atoms with Gasteiger partial charge in [0.05, 0.1) is 5.69 Å². The molecule has 0 saturated heterocycles. The Kier molecular flexibility index (Phi) is 52.7. The first kappa shape index (κ1) is 104. The average molecular weight is 1530 g/mol. The van der Waals surface area contributed by atoms with E-state index in [1.54, 1.807) is 0 Å². The molecule has 2 heterocycles. The van der Waals surface area contributed by atoms with Gasteiger partial charge in [0.15, 0.2) is 0 Å². The Labute approximate surface area is 619 Å². The van der Waals surface area contributed by atoms with Crippen LogP contribution in [0.4, 0.5) is 11.6 Å². The number of hydrogen-bond acceptors (Lipinski definition) is 3. The minimum atomic E-state index is -0.861. The van der Waals surface area contributed by atoms with E-state index < -0.39 is 56.5 Å². The van der Waals surface area contributed by atoms with Gasteiger partial charge in [0.2, 0.25) is 0 Å². The molecule has 2 aromatic carbocycles. The molecule has 4 aromatic rings. The Bertz CT molecular complexity index is 2160. The normalized spacial score (nSPS) is 11.9. The van der Waals surface area contributed by atoms with Crippen molar-refractivity contribution >= 4 is 68.2 Å². The van der Waals surface area contributed by atoms with E-state index in [1.165, 1.54) is 44.5 Å². The SMILES string of the molecule is CC(C)c1cc(C(C)C)c(-c2cccc(NCC(C)(C)C)n2)c(C(C)C)c1.CC(C)c1cc(C(C)C)c(-c2cccc([N-]CC(C)(C)C)n2)c(C(C)C)c1.[CH2-][Si](C)(C)C.[CH2-][Si](C)(C)C.[CH2-][Si](C)(C)C.[CH2-][Si](C)(C)C.[CH2-][Si](C)(C)C.[CH2-][Si](C)(C)C.[CH2-][Si](C)(C)C.[Zr+3].[Zr+4]. The zero-order valence-corrected chi connectivity index (χ0v) is 79.9. The Morgan fingerprint density at radius 2 is 0.604 bits per heavy atom. The minimum Gasteiger partial charge on any atom is -0.465 e. The van der Waals surface area contributed by atoms with Crippen LogP contribution in [0.2, 0.25) is 137 Å². The summed E-state index contributed by atoms with van der Waals surface area (Å²) < 4.78 is 0. The van der Waals surface area contributed by atoms with Crippen molar-refractivity contribution < 1.29 is 52.4 Å². The van der Waals surface area contributed by atoms with Crippen LogP contribution in [0, 0.1) is 56.7 Å². The van der Waals surface area contributed by atoms with Crippen molar-refractivity contribution in [3.8, 4) is 22.5 Å². The number of hydrogen-bond donors (Lipinski definition) is 1. The molecule has 4 nitrogen and oxygen atoms in total. The molecule has 4 rings (SSSR count). The fraction of sp³-hybridized carbons (Fsp3) is 0.628. The van der Waals surface area contributed by atoms with Gasteiger partial charge in [0.1, 0.15) is 5.82 Å². The molecule has 1 radical (unpaired) electrons. The molecule has 0 aliphatic carbocycles. The van der Waals surface area contributed by atoms with Gasteiger partial charge in [0.25, 0.3) is 0 Å². The second-order valence-corrected chi connectivity index (χ2v) is 73.4.